The summed E-state index contributed by atoms with van der Waals surface area (Å²) in [6.45, 7) is 3.98. The summed E-state index contributed by atoms with van der Waals surface area (Å²) in [6, 6.07) is 11.4. The molecule has 35 heavy (non-hydrogen) atoms. The van der Waals surface area contributed by atoms with Crippen LogP contribution in [0.25, 0.3) is 10.9 Å². The number of fused-ring (bicyclic) bond motifs is 1. The van der Waals surface area contributed by atoms with Crippen molar-refractivity contribution in [2.75, 3.05) is 31.2 Å². The van der Waals surface area contributed by atoms with Gasteiger partial charge in [0.15, 0.2) is 0 Å². The summed E-state index contributed by atoms with van der Waals surface area (Å²) in [5.74, 6) is 0.402. The molecule has 5 rings (SSSR count). The summed E-state index contributed by atoms with van der Waals surface area (Å²) in [7, 11) is 1.66. The summed E-state index contributed by atoms with van der Waals surface area (Å²) in [5, 5.41) is 22.7. The first-order valence-corrected chi connectivity index (χ1v) is 12.1. The van der Waals surface area contributed by atoms with Gasteiger partial charge in [-0.15, -0.1) is 0 Å². The fourth-order valence-corrected chi connectivity index (χ4v) is 5.13. The van der Waals surface area contributed by atoms with Gasteiger partial charge in [0, 0.05) is 43.3 Å². The van der Waals surface area contributed by atoms with Gasteiger partial charge in [0.25, 0.3) is 5.56 Å². The minimum Gasteiger partial charge on any atom is -0.483 e. The number of benzene rings is 1. The van der Waals surface area contributed by atoms with E-state index in [1.165, 1.54) is 4.57 Å². The first kappa shape index (κ1) is 23.6. The van der Waals surface area contributed by atoms with Crippen LogP contribution in [-0.4, -0.2) is 52.7 Å². The molecule has 0 aliphatic carbocycles. The highest BCUT2D eigenvalue weighted by Gasteiger charge is 2.40. The molecule has 182 valence electrons. The van der Waals surface area contributed by atoms with Gasteiger partial charge in [0.1, 0.15) is 23.5 Å². The second-order valence-corrected chi connectivity index (χ2v) is 9.78. The molecule has 2 aliphatic rings. The van der Waals surface area contributed by atoms with Gasteiger partial charge in [-0.1, -0.05) is 30.7 Å². The van der Waals surface area contributed by atoms with Crippen molar-refractivity contribution in [1.82, 2.24) is 9.55 Å². The van der Waals surface area contributed by atoms with Crippen molar-refractivity contribution in [3.63, 3.8) is 0 Å². The molecule has 2 saturated heterocycles. The maximum Gasteiger partial charge on any atom is 0.270 e. The van der Waals surface area contributed by atoms with Crippen LogP contribution in [0.1, 0.15) is 36.9 Å². The van der Waals surface area contributed by atoms with Gasteiger partial charge in [-0.25, -0.2) is 0 Å². The molecule has 4 heterocycles. The number of hydrogen-bond donors (Lipinski definition) is 1. The zero-order valence-electron chi connectivity index (χ0n) is 19.7. The Balaban J connectivity index is 1.50. The number of anilines is 1. The van der Waals surface area contributed by atoms with E-state index in [9.17, 15) is 15.2 Å². The van der Waals surface area contributed by atoms with E-state index in [-0.39, 0.29) is 23.1 Å². The topological polar surface area (TPSA) is 101 Å². The van der Waals surface area contributed by atoms with Crippen molar-refractivity contribution in [1.29, 1.82) is 5.26 Å². The highest BCUT2D eigenvalue weighted by Crippen LogP contribution is 2.40. The van der Waals surface area contributed by atoms with E-state index in [1.54, 1.807) is 19.3 Å². The fourth-order valence-electron chi connectivity index (χ4n) is 5.02. The fraction of sp³-hybridized carbons (Fsp3) is 0.423. The molecule has 0 radical (unpaired) electrons. The van der Waals surface area contributed by atoms with Crippen LogP contribution < -0.4 is 15.2 Å². The maximum atomic E-state index is 13.2. The third-order valence-electron chi connectivity index (χ3n) is 7.30. The molecule has 0 amide bonds. The lowest BCUT2D eigenvalue weighted by Crippen LogP contribution is -2.48. The summed E-state index contributed by atoms with van der Waals surface area (Å²) in [4.78, 5) is 19.6. The van der Waals surface area contributed by atoms with E-state index in [4.69, 9.17) is 21.1 Å². The van der Waals surface area contributed by atoms with Crippen LogP contribution in [0.3, 0.4) is 0 Å². The Morgan fingerprint density at radius 2 is 2.03 bits per heavy atom. The summed E-state index contributed by atoms with van der Waals surface area (Å²) < 4.78 is 12.8. The molecule has 2 fully saturated rings. The first-order chi connectivity index (χ1) is 16.8. The number of ether oxygens (including phenoxy) is 2. The molecule has 0 saturated carbocycles. The smallest absolute Gasteiger partial charge is 0.270 e. The van der Waals surface area contributed by atoms with Crippen molar-refractivity contribution in [3.8, 4) is 11.8 Å². The molecular formula is C26H27ClN4O4. The minimum absolute atomic E-state index is 0.0530. The van der Waals surface area contributed by atoms with E-state index in [0.717, 1.165) is 11.1 Å². The van der Waals surface area contributed by atoms with Crippen molar-refractivity contribution < 1.29 is 14.6 Å². The molecule has 3 aromatic rings. The van der Waals surface area contributed by atoms with E-state index >= 15 is 0 Å². The van der Waals surface area contributed by atoms with Gasteiger partial charge in [0.05, 0.1) is 35.0 Å². The first-order valence-electron chi connectivity index (χ1n) is 11.7. The van der Waals surface area contributed by atoms with E-state index in [1.807, 2.05) is 36.1 Å². The lowest BCUT2D eigenvalue weighted by molar-refractivity contribution is -0.0792. The second kappa shape index (κ2) is 9.15. The molecule has 0 unspecified atom stereocenters. The van der Waals surface area contributed by atoms with Crippen LogP contribution >= 0.6 is 11.6 Å². The molecule has 0 spiro atoms. The van der Waals surface area contributed by atoms with E-state index in [0.29, 0.717) is 61.1 Å². The van der Waals surface area contributed by atoms with Gasteiger partial charge in [0.2, 0.25) is 0 Å². The molecule has 0 bridgehead atoms. The lowest BCUT2D eigenvalue weighted by Gasteiger charge is -2.43. The number of aromatic nitrogens is 2. The molecular weight excluding hydrogens is 468 g/mol. The molecule has 2 aromatic heterocycles. The molecule has 1 atom stereocenters. The van der Waals surface area contributed by atoms with Crippen molar-refractivity contribution in [2.24, 2.45) is 7.05 Å². The highest BCUT2D eigenvalue weighted by molar-refractivity contribution is 6.30. The summed E-state index contributed by atoms with van der Waals surface area (Å²) in [5.41, 5.74) is 0.803. The van der Waals surface area contributed by atoms with Crippen LogP contribution in [-0.2, 0) is 11.8 Å². The van der Waals surface area contributed by atoms with Gasteiger partial charge >= 0.3 is 0 Å². The molecule has 1 N–H and O–H groups in total. The van der Waals surface area contributed by atoms with Crippen molar-refractivity contribution in [2.45, 2.75) is 37.4 Å². The zero-order chi connectivity index (χ0) is 24.7. The van der Waals surface area contributed by atoms with Crippen LogP contribution in [0.4, 0.5) is 5.69 Å². The second-order valence-electron chi connectivity index (χ2n) is 9.34. The van der Waals surface area contributed by atoms with Gasteiger partial charge in [-0.3, -0.25) is 9.78 Å². The SMILES string of the molecule is C[C@@H](c1ccc(Cl)cn1)C1(O)CCN(c2c(C#N)c(=O)n(C)c3c(OC4COC4)cccc23)CC1. The van der Waals surface area contributed by atoms with Crippen molar-refractivity contribution in [3.05, 3.63) is 63.2 Å². The minimum atomic E-state index is -0.960. The highest BCUT2D eigenvalue weighted by atomic mass is 35.5. The monoisotopic (exact) mass is 494 g/mol. The van der Waals surface area contributed by atoms with Crippen LogP contribution in [0.5, 0.6) is 5.75 Å². The molecule has 2 aliphatic heterocycles. The van der Waals surface area contributed by atoms with Gasteiger partial charge < -0.3 is 24.0 Å². The Bertz CT molecular complexity index is 1350. The van der Waals surface area contributed by atoms with Crippen LogP contribution in [0, 0.1) is 11.3 Å². The number of pyridine rings is 2. The summed E-state index contributed by atoms with van der Waals surface area (Å²) in [6.07, 6.45) is 2.47. The van der Waals surface area contributed by atoms with Crippen LogP contribution in [0.2, 0.25) is 5.02 Å². The largest absolute Gasteiger partial charge is 0.483 e. The zero-order valence-corrected chi connectivity index (χ0v) is 20.5. The van der Waals surface area contributed by atoms with E-state index in [2.05, 4.69) is 11.1 Å². The average molecular weight is 495 g/mol. The van der Waals surface area contributed by atoms with Crippen molar-refractivity contribution >= 4 is 28.2 Å². The molecule has 8 nitrogen and oxygen atoms in total. The standard InChI is InChI=1S/C26H27ClN4O4/c1-16(21-7-6-17(27)13-29-21)26(33)8-10-31(11-9-26)23-19-4-3-5-22(35-18-14-34-15-18)24(19)30(2)25(32)20(23)12-28/h3-7,13,16,18,33H,8-11,14-15H2,1-2H3/t16-/m0/s1. The Hall–Kier alpha value is -3.12. The predicted molar refractivity (Wildman–Crippen MR) is 133 cm³/mol. The lowest BCUT2D eigenvalue weighted by atomic mass is 9.78. The Labute approximate surface area is 208 Å². The summed E-state index contributed by atoms with van der Waals surface area (Å²) >= 11 is 5.97. The Morgan fingerprint density at radius 3 is 2.63 bits per heavy atom. The number of nitriles is 1. The number of hydrogen-bond acceptors (Lipinski definition) is 7. The third kappa shape index (κ3) is 4.14. The van der Waals surface area contributed by atoms with E-state index < -0.39 is 5.60 Å². The predicted octanol–water partition coefficient (Wildman–Crippen LogP) is 3.37. The van der Waals surface area contributed by atoms with Gasteiger partial charge in [-0.2, -0.15) is 5.26 Å². The normalized spacial score (nSPS) is 18.7. The number of aliphatic hydroxyl groups is 1. The third-order valence-corrected chi connectivity index (χ3v) is 7.53. The van der Waals surface area contributed by atoms with Crippen LogP contribution in [0.15, 0.2) is 41.3 Å². The average Bonchev–Trinajstić information content (AvgIpc) is 2.84. The number of para-hydroxylation sites is 1. The number of aryl methyl sites for hydroxylation is 1. The molecule has 9 heteroatoms. The number of piperidine rings is 1. The number of halogens is 1. The molecule has 1 aromatic carbocycles. The number of nitrogens with zero attached hydrogens (tertiary/aromatic N) is 4. The Morgan fingerprint density at radius 1 is 1.29 bits per heavy atom. The van der Waals surface area contributed by atoms with Gasteiger partial charge in [-0.05, 0) is 31.0 Å². The number of rotatable bonds is 5. The Kier molecular flexibility index (Phi) is 6.18. The quantitative estimate of drug-likeness (QED) is 0.580. The maximum absolute atomic E-state index is 13.2.